The van der Waals surface area contributed by atoms with Gasteiger partial charge in [0.15, 0.2) is 0 Å². The van der Waals surface area contributed by atoms with Crippen molar-refractivity contribution in [3.8, 4) is 0 Å². The second kappa shape index (κ2) is 7.20. The normalized spacial score (nSPS) is 11.9. The molecule has 0 saturated carbocycles. The highest BCUT2D eigenvalue weighted by molar-refractivity contribution is 9.10. The summed E-state index contributed by atoms with van der Waals surface area (Å²) in [6, 6.07) is 3.74. The Bertz CT molecular complexity index is 479. The van der Waals surface area contributed by atoms with E-state index in [1.54, 1.807) is 0 Å². The molecule has 0 unspecified atom stereocenters. The molecule has 1 aromatic rings. The molecule has 1 atom stereocenters. The number of carbonyl (C=O) groups excluding carboxylic acids is 1. The lowest BCUT2D eigenvalue weighted by Crippen LogP contribution is -2.35. The Morgan fingerprint density at radius 2 is 2.26 bits per heavy atom. The Labute approximate surface area is 119 Å². The summed E-state index contributed by atoms with van der Waals surface area (Å²) in [4.78, 5) is 21.9. The smallest absolute Gasteiger partial charge is 0.283 e. The topological polar surface area (TPSA) is 98.3 Å². The van der Waals surface area contributed by atoms with Crippen LogP contribution in [0.2, 0.25) is 0 Å². The molecule has 1 rings (SSSR count). The van der Waals surface area contributed by atoms with Crippen molar-refractivity contribution in [3.05, 3.63) is 32.8 Å². The van der Waals surface area contributed by atoms with Crippen molar-refractivity contribution in [2.45, 2.75) is 32.2 Å². The van der Waals surface area contributed by atoms with Gasteiger partial charge >= 0.3 is 0 Å². The molecule has 0 bridgehead atoms. The van der Waals surface area contributed by atoms with Gasteiger partial charge in [0.05, 0.1) is 15.4 Å². The fraction of sp³-hybridized carbons (Fsp3) is 0.417. The Morgan fingerprint density at radius 3 is 2.79 bits per heavy atom. The van der Waals surface area contributed by atoms with Gasteiger partial charge in [-0.2, -0.15) is 0 Å². The molecule has 0 aliphatic rings. The lowest BCUT2D eigenvalue weighted by Gasteiger charge is -2.11. The number of nitrogens with zero attached hydrogens (tertiary/aromatic N) is 1. The van der Waals surface area contributed by atoms with Crippen molar-refractivity contribution in [3.63, 3.8) is 0 Å². The Hall–Kier alpha value is -1.47. The van der Waals surface area contributed by atoms with Crippen molar-refractivity contribution in [2.24, 2.45) is 5.73 Å². The summed E-state index contributed by atoms with van der Waals surface area (Å²) in [6.45, 7) is 2.03. The number of rotatable bonds is 6. The second-order valence-electron chi connectivity index (χ2n) is 4.16. The van der Waals surface area contributed by atoms with E-state index in [4.69, 9.17) is 5.73 Å². The standard InChI is InChI=1S/C12H16BrN3O3/c1-2-3-4-10(14)12(17)15-8-5-6-11(16(18)19)9(13)7-8/h5-7,10H,2-4,14H2,1H3,(H,15,17)/t10-/m0/s1. The maximum atomic E-state index is 11.8. The molecular weight excluding hydrogens is 314 g/mol. The van der Waals surface area contributed by atoms with Crippen LogP contribution in [0.3, 0.4) is 0 Å². The Balaban J connectivity index is 2.70. The molecule has 1 amide bonds. The lowest BCUT2D eigenvalue weighted by atomic mass is 10.1. The summed E-state index contributed by atoms with van der Waals surface area (Å²) in [7, 11) is 0. The van der Waals surface area contributed by atoms with Crippen molar-refractivity contribution >= 4 is 33.2 Å². The highest BCUT2D eigenvalue weighted by atomic mass is 79.9. The molecule has 3 N–H and O–H groups in total. The van der Waals surface area contributed by atoms with Crippen LogP contribution < -0.4 is 11.1 Å². The summed E-state index contributed by atoms with van der Waals surface area (Å²) in [5.41, 5.74) is 6.17. The van der Waals surface area contributed by atoms with Gasteiger partial charge in [-0.05, 0) is 34.5 Å². The number of hydrogen-bond donors (Lipinski definition) is 2. The summed E-state index contributed by atoms with van der Waals surface area (Å²) in [5, 5.41) is 13.3. The number of amides is 1. The average molecular weight is 330 g/mol. The molecule has 19 heavy (non-hydrogen) atoms. The van der Waals surface area contributed by atoms with Gasteiger partial charge in [0.2, 0.25) is 5.91 Å². The van der Waals surface area contributed by atoms with E-state index >= 15 is 0 Å². The number of hydrogen-bond acceptors (Lipinski definition) is 4. The van der Waals surface area contributed by atoms with Gasteiger partial charge in [0.1, 0.15) is 0 Å². The monoisotopic (exact) mass is 329 g/mol. The molecule has 104 valence electrons. The number of nitro groups is 1. The van der Waals surface area contributed by atoms with Crippen LogP contribution in [0, 0.1) is 10.1 Å². The van der Waals surface area contributed by atoms with Crippen molar-refractivity contribution in [1.29, 1.82) is 0 Å². The van der Waals surface area contributed by atoms with Gasteiger partial charge < -0.3 is 11.1 Å². The first-order valence-electron chi connectivity index (χ1n) is 5.96. The number of nitrogens with two attached hydrogens (primary N) is 1. The van der Waals surface area contributed by atoms with Crippen LogP contribution in [0.15, 0.2) is 22.7 Å². The molecule has 1 aromatic carbocycles. The number of carbonyl (C=O) groups is 1. The van der Waals surface area contributed by atoms with Gasteiger partial charge in [-0.25, -0.2) is 0 Å². The Morgan fingerprint density at radius 1 is 1.58 bits per heavy atom. The van der Waals surface area contributed by atoms with Crippen LogP contribution in [-0.2, 0) is 4.79 Å². The summed E-state index contributed by atoms with van der Waals surface area (Å²) >= 11 is 3.09. The molecule has 0 radical (unpaired) electrons. The maximum absolute atomic E-state index is 11.8. The third-order valence-corrected chi connectivity index (χ3v) is 3.25. The van der Waals surface area contributed by atoms with E-state index in [-0.39, 0.29) is 11.6 Å². The predicted molar refractivity (Wildman–Crippen MR) is 76.9 cm³/mol. The fourth-order valence-electron chi connectivity index (χ4n) is 1.52. The van der Waals surface area contributed by atoms with Gasteiger partial charge in [-0.1, -0.05) is 19.8 Å². The van der Waals surface area contributed by atoms with Gasteiger partial charge in [-0.3, -0.25) is 14.9 Å². The maximum Gasteiger partial charge on any atom is 0.283 e. The van der Waals surface area contributed by atoms with E-state index in [0.717, 1.165) is 12.8 Å². The minimum absolute atomic E-state index is 0.0479. The fourth-order valence-corrected chi connectivity index (χ4v) is 2.05. The number of benzene rings is 1. The molecule has 0 saturated heterocycles. The van der Waals surface area contributed by atoms with Crippen LogP contribution in [-0.4, -0.2) is 16.9 Å². The third-order valence-electron chi connectivity index (χ3n) is 2.62. The predicted octanol–water partition coefficient (Wildman–Crippen LogP) is 2.81. The molecule has 0 heterocycles. The average Bonchev–Trinajstić information content (AvgIpc) is 2.35. The minimum atomic E-state index is -0.561. The van der Waals surface area contributed by atoms with Crippen LogP contribution in [0.5, 0.6) is 0 Å². The van der Waals surface area contributed by atoms with Gasteiger partial charge in [-0.15, -0.1) is 0 Å². The molecule has 0 aliphatic heterocycles. The largest absolute Gasteiger partial charge is 0.325 e. The first kappa shape index (κ1) is 15.6. The third kappa shape index (κ3) is 4.60. The van der Waals surface area contributed by atoms with Crippen molar-refractivity contribution in [1.82, 2.24) is 0 Å². The zero-order chi connectivity index (χ0) is 14.4. The highest BCUT2D eigenvalue weighted by Crippen LogP contribution is 2.27. The summed E-state index contributed by atoms with van der Waals surface area (Å²) in [6.07, 6.45) is 2.49. The van der Waals surface area contributed by atoms with Gasteiger partial charge in [0, 0.05) is 11.8 Å². The Kier molecular flexibility index (Phi) is 5.91. The zero-order valence-corrected chi connectivity index (χ0v) is 12.1. The quantitative estimate of drug-likeness (QED) is 0.619. The van der Waals surface area contributed by atoms with Crippen LogP contribution >= 0.6 is 15.9 Å². The van der Waals surface area contributed by atoms with E-state index in [0.29, 0.717) is 16.6 Å². The van der Waals surface area contributed by atoms with E-state index in [1.165, 1.54) is 18.2 Å². The number of anilines is 1. The SMILES string of the molecule is CCCC[C@H](N)C(=O)Nc1ccc([N+](=O)[O-])c(Br)c1. The molecule has 0 spiro atoms. The van der Waals surface area contributed by atoms with Crippen LogP contribution in [0.25, 0.3) is 0 Å². The number of nitrogens with one attached hydrogen (secondary N) is 1. The van der Waals surface area contributed by atoms with E-state index in [1.807, 2.05) is 6.92 Å². The number of unbranched alkanes of at least 4 members (excludes halogenated alkanes) is 1. The minimum Gasteiger partial charge on any atom is -0.325 e. The van der Waals surface area contributed by atoms with E-state index in [2.05, 4.69) is 21.2 Å². The summed E-state index contributed by atoms with van der Waals surface area (Å²) in [5.74, 6) is -0.283. The first-order chi connectivity index (χ1) is 8.95. The molecule has 0 aromatic heterocycles. The first-order valence-corrected chi connectivity index (χ1v) is 6.75. The second-order valence-corrected chi connectivity index (χ2v) is 5.02. The zero-order valence-electron chi connectivity index (χ0n) is 10.6. The van der Waals surface area contributed by atoms with Crippen molar-refractivity contribution in [2.75, 3.05) is 5.32 Å². The lowest BCUT2D eigenvalue weighted by molar-refractivity contribution is -0.385. The number of halogens is 1. The van der Waals surface area contributed by atoms with Crippen molar-refractivity contribution < 1.29 is 9.72 Å². The summed E-state index contributed by atoms with van der Waals surface area (Å²) < 4.78 is 0.317. The van der Waals surface area contributed by atoms with Crippen LogP contribution in [0.1, 0.15) is 26.2 Å². The molecule has 0 aliphatic carbocycles. The van der Waals surface area contributed by atoms with E-state index < -0.39 is 11.0 Å². The molecular formula is C12H16BrN3O3. The highest BCUT2D eigenvalue weighted by Gasteiger charge is 2.15. The molecule has 6 nitrogen and oxygen atoms in total. The molecule has 0 fully saturated rings. The molecule has 7 heteroatoms. The van der Waals surface area contributed by atoms with Gasteiger partial charge in [0.25, 0.3) is 5.69 Å². The number of nitro benzene ring substituents is 1. The van der Waals surface area contributed by atoms with E-state index in [9.17, 15) is 14.9 Å². The van der Waals surface area contributed by atoms with Crippen LogP contribution in [0.4, 0.5) is 11.4 Å².